The number of hydrogen-bond acceptors (Lipinski definition) is 8. The molecule has 0 saturated heterocycles. The van der Waals surface area contributed by atoms with Crippen molar-refractivity contribution in [1.82, 2.24) is 15.0 Å². The minimum atomic E-state index is -4.04. The number of aromatic nitrogens is 1. The molecule has 164 valence electrons. The van der Waals surface area contributed by atoms with E-state index in [0.717, 1.165) is 21.8 Å². The molecule has 2 rings (SSSR count). The minimum Gasteiger partial charge on any atom is -0.496 e. The van der Waals surface area contributed by atoms with Crippen LogP contribution in [0.15, 0.2) is 22.4 Å². The fourth-order valence-corrected chi connectivity index (χ4v) is 4.89. The second-order valence-electron chi connectivity index (χ2n) is 5.96. The van der Waals surface area contributed by atoms with Gasteiger partial charge in [0.2, 0.25) is 0 Å². The molecule has 0 fully saturated rings. The zero-order valence-electron chi connectivity index (χ0n) is 16.9. The molecule has 0 bridgehead atoms. The maximum atomic E-state index is 12.6. The van der Waals surface area contributed by atoms with Gasteiger partial charge in [0.05, 0.1) is 13.7 Å². The molecular formula is C17H23N5O5S3. The molecular weight excluding hydrogens is 450 g/mol. The SMILES string of the molecule is CNC(=S)Nc1cc(OC)cc(NC(=O)NS(=O)(=O)c2cc(C)c(CCOC)s2)n1. The van der Waals surface area contributed by atoms with Crippen molar-refractivity contribution < 1.29 is 22.7 Å². The van der Waals surface area contributed by atoms with Crippen LogP contribution in [0.2, 0.25) is 0 Å². The van der Waals surface area contributed by atoms with Gasteiger partial charge in [-0.25, -0.2) is 22.9 Å². The fraction of sp³-hybridized carbons (Fsp3) is 0.353. The molecule has 10 nitrogen and oxygen atoms in total. The Morgan fingerprint density at radius 3 is 2.47 bits per heavy atom. The van der Waals surface area contributed by atoms with Gasteiger partial charge in [-0.05, 0) is 30.8 Å². The number of anilines is 2. The van der Waals surface area contributed by atoms with Gasteiger partial charge < -0.3 is 20.1 Å². The minimum absolute atomic E-state index is 0.0431. The lowest BCUT2D eigenvalue weighted by Gasteiger charge is -2.12. The smallest absolute Gasteiger partial charge is 0.334 e. The van der Waals surface area contributed by atoms with Crippen LogP contribution >= 0.6 is 23.6 Å². The number of sulfonamides is 1. The predicted molar refractivity (Wildman–Crippen MR) is 120 cm³/mol. The highest BCUT2D eigenvalue weighted by molar-refractivity contribution is 7.92. The number of carbonyl (C=O) groups excluding carboxylic acids is 1. The van der Waals surface area contributed by atoms with Gasteiger partial charge in [0.1, 0.15) is 21.6 Å². The maximum Gasteiger partial charge on any atom is 0.334 e. The number of hydrogen-bond donors (Lipinski definition) is 4. The van der Waals surface area contributed by atoms with E-state index in [2.05, 4.69) is 20.9 Å². The van der Waals surface area contributed by atoms with E-state index in [1.165, 1.54) is 19.2 Å². The second-order valence-corrected chi connectivity index (χ2v) is 9.41. The van der Waals surface area contributed by atoms with E-state index < -0.39 is 16.1 Å². The summed E-state index contributed by atoms with van der Waals surface area (Å²) >= 11 is 6.12. The molecule has 0 spiro atoms. The molecule has 4 N–H and O–H groups in total. The van der Waals surface area contributed by atoms with Crippen molar-refractivity contribution in [2.24, 2.45) is 0 Å². The van der Waals surface area contributed by atoms with Crippen LogP contribution in [0, 0.1) is 6.92 Å². The molecule has 2 aromatic heterocycles. The number of rotatable bonds is 8. The summed E-state index contributed by atoms with van der Waals surface area (Å²) in [5.41, 5.74) is 0.823. The standard InChI is InChI=1S/C17H23N5O5S3/c1-10-7-15(29-12(10)5-6-26-3)30(24,25)22-16(23)20-13-8-11(27-4)9-14(19-13)21-17(28)18-2/h7-9H,5-6H2,1-4H3,(H4,18,19,20,21,22,23,28). The highest BCUT2D eigenvalue weighted by atomic mass is 32.2. The molecule has 2 aromatic rings. The van der Waals surface area contributed by atoms with Gasteiger partial charge in [0.25, 0.3) is 10.0 Å². The average molecular weight is 474 g/mol. The van der Waals surface area contributed by atoms with Crippen molar-refractivity contribution in [2.45, 2.75) is 17.6 Å². The van der Waals surface area contributed by atoms with Crippen LogP contribution in [0.3, 0.4) is 0 Å². The number of methoxy groups -OCH3 is 2. The third-order valence-corrected chi connectivity index (χ3v) is 7.18. The molecule has 0 radical (unpaired) electrons. The van der Waals surface area contributed by atoms with E-state index in [9.17, 15) is 13.2 Å². The van der Waals surface area contributed by atoms with Gasteiger partial charge in [0, 0.05) is 37.6 Å². The molecule has 0 aliphatic heterocycles. The average Bonchev–Trinajstić information content (AvgIpc) is 3.07. The Labute approximate surface area is 184 Å². The quantitative estimate of drug-likeness (QED) is 0.426. The van der Waals surface area contributed by atoms with Crippen LogP contribution in [0.5, 0.6) is 5.75 Å². The summed E-state index contributed by atoms with van der Waals surface area (Å²) < 4.78 is 37.4. The zero-order chi connectivity index (χ0) is 22.3. The molecule has 13 heteroatoms. The summed E-state index contributed by atoms with van der Waals surface area (Å²) in [5.74, 6) is 0.774. The first-order valence-electron chi connectivity index (χ1n) is 8.65. The predicted octanol–water partition coefficient (Wildman–Crippen LogP) is 2.08. The Bertz CT molecular complexity index is 1020. The van der Waals surface area contributed by atoms with Crippen molar-refractivity contribution in [2.75, 3.05) is 38.5 Å². The zero-order valence-corrected chi connectivity index (χ0v) is 19.3. The largest absolute Gasteiger partial charge is 0.496 e. The number of thiocarbonyl (C=S) groups is 1. The van der Waals surface area contributed by atoms with E-state index in [0.29, 0.717) is 29.7 Å². The lowest BCUT2D eigenvalue weighted by molar-refractivity contribution is 0.203. The van der Waals surface area contributed by atoms with Gasteiger partial charge in [-0.15, -0.1) is 11.3 Å². The molecule has 30 heavy (non-hydrogen) atoms. The number of aryl methyl sites for hydroxylation is 1. The van der Waals surface area contributed by atoms with Crippen molar-refractivity contribution in [3.63, 3.8) is 0 Å². The molecule has 0 aliphatic rings. The molecule has 0 unspecified atom stereocenters. The molecule has 0 aliphatic carbocycles. The summed E-state index contributed by atoms with van der Waals surface area (Å²) in [6.45, 7) is 2.29. The van der Waals surface area contributed by atoms with Crippen LogP contribution in [0.4, 0.5) is 16.4 Å². The van der Waals surface area contributed by atoms with Crippen molar-refractivity contribution in [1.29, 1.82) is 0 Å². The third kappa shape index (κ3) is 6.52. The fourth-order valence-electron chi connectivity index (χ4n) is 2.31. The Kier molecular flexibility index (Phi) is 8.34. The Hall–Kier alpha value is -2.48. The summed E-state index contributed by atoms with van der Waals surface area (Å²) in [6, 6.07) is 3.58. The first kappa shape index (κ1) is 23.8. The van der Waals surface area contributed by atoms with Gasteiger partial charge in [0.15, 0.2) is 5.11 Å². The Morgan fingerprint density at radius 1 is 1.20 bits per heavy atom. The van der Waals surface area contributed by atoms with E-state index in [1.807, 2.05) is 11.6 Å². The monoisotopic (exact) mass is 473 g/mol. The maximum absolute atomic E-state index is 12.6. The number of carbonyl (C=O) groups is 1. The van der Waals surface area contributed by atoms with Crippen LogP contribution in [-0.2, 0) is 21.2 Å². The molecule has 0 aromatic carbocycles. The lowest BCUT2D eigenvalue weighted by Crippen LogP contribution is -2.34. The number of nitrogens with one attached hydrogen (secondary N) is 4. The Morgan fingerprint density at radius 2 is 1.87 bits per heavy atom. The van der Waals surface area contributed by atoms with Gasteiger partial charge in [-0.1, -0.05) is 0 Å². The lowest BCUT2D eigenvalue weighted by atomic mass is 10.2. The number of pyridine rings is 1. The molecule has 0 atom stereocenters. The normalized spacial score (nSPS) is 10.9. The molecule has 2 heterocycles. The van der Waals surface area contributed by atoms with Crippen LogP contribution < -0.4 is 25.4 Å². The number of ether oxygens (including phenoxy) is 2. The number of amides is 2. The Balaban J connectivity index is 2.14. The van der Waals surface area contributed by atoms with Crippen LogP contribution in [0.1, 0.15) is 10.4 Å². The number of nitrogens with zero attached hydrogens (tertiary/aromatic N) is 1. The highest BCUT2D eigenvalue weighted by Crippen LogP contribution is 2.26. The summed E-state index contributed by atoms with van der Waals surface area (Å²) in [5, 5.41) is 8.25. The van der Waals surface area contributed by atoms with Gasteiger partial charge in [-0.2, -0.15) is 0 Å². The van der Waals surface area contributed by atoms with E-state index in [-0.39, 0.29) is 10.0 Å². The van der Waals surface area contributed by atoms with Crippen LogP contribution in [0.25, 0.3) is 0 Å². The number of thiophene rings is 1. The molecule has 0 saturated carbocycles. The van der Waals surface area contributed by atoms with Gasteiger partial charge >= 0.3 is 6.03 Å². The second kappa shape index (κ2) is 10.5. The van der Waals surface area contributed by atoms with Crippen molar-refractivity contribution in [3.8, 4) is 5.75 Å². The van der Waals surface area contributed by atoms with E-state index in [1.54, 1.807) is 20.2 Å². The highest BCUT2D eigenvalue weighted by Gasteiger charge is 2.22. The molecule has 2 amide bonds. The van der Waals surface area contributed by atoms with Gasteiger partial charge in [-0.3, -0.25) is 5.32 Å². The van der Waals surface area contributed by atoms with Crippen molar-refractivity contribution in [3.05, 3.63) is 28.6 Å². The number of urea groups is 1. The topological polar surface area (TPSA) is 131 Å². The first-order chi connectivity index (χ1) is 14.2. The van der Waals surface area contributed by atoms with E-state index >= 15 is 0 Å². The van der Waals surface area contributed by atoms with E-state index in [4.69, 9.17) is 21.7 Å². The first-order valence-corrected chi connectivity index (χ1v) is 11.4. The van der Waals surface area contributed by atoms with Crippen molar-refractivity contribution >= 4 is 56.4 Å². The third-order valence-electron chi connectivity index (χ3n) is 3.77. The summed E-state index contributed by atoms with van der Waals surface area (Å²) in [4.78, 5) is 17.3. The summed E-state index contributed by atoms with van der Waals surface area (Å²) in [6.07, 6.45) is 0.590. The summed E-state index contributed by atoms with van der Waals surface area (Å²) in [7, 11) is 0.618. The van der Waals surface area contributed by atoms with Crippen LogP contribution in [-0.4, -0.2) is 52.4 Å².